The predicted molar refractivity (Wildman–Crippen MR) is 74.8 cm³/mol. The number of halogens is 1. The van der Waals surface area contributed by atoms with Crippen molar-refractivity contribution in [1.82, 2.24) is 14.8 Å². The Bertz CT molecular complexity index is 509. The highest BCUT2D eigenvalue weighted by atomic mass is 35.5. The van der Waals surface area contributed by atoms with E-state index in [0.29, 0.717) is 6.54 Å². The van der Waals surface area contributed by atoms with E-state index in [2.05, 4.69) is 10.2 Å². The number of nitrogens with two attached hydrogens (primary N) is 1. The summed E-state index contributed by atoms with van der Waals surface area (Å²) in [7, 11) is 0. The van der Waals surface area contributed by atoms with Crippen molar-refractivity contribution in [2.24, 2.45) is 5.73 Å². The Kier molecular flexibility index (Phi) is 4.63. The molecule has 1 aromatic carbocycles. The fraction of sp³-hybridized carbons (Fsp3) is 0.333. The first kappa shape index (κ1) is 13.4. The lowest BCUT2D eigenvalue weighted by Crippen LogP contribution is -2.12. The number of thioether (sulfide) groups is 1. The summed E-state index contributed by atoms with van der Waals surface area (Å²) in [5.41, 5.74) is 6.79. The minimum atomic E-state index is 0.591. The average Bonchev–Trinajstić information content (AvgIpc) is 2.71. The second kappa shape index (κ2) is 6.22. The smallest absolute Gasteiger partial charge is 0.191 e. The molecule has 96 valence electrons. The first-order valence-electron chi connectivity index (χ1n) is 5.68. The molecule has 2 N–H and O–H groups in total. The van der Waals surface area contributed by atoms with E-state index < -0.39 is 0 Å². The largest absolute Gasteiger partial charge is 0.329 e. The molecule has 1 heterocycles. The van der Waals surface area contributed by atoms with Gasteiger partial charge in [0.2, 0.25) is 0 Å². The molecule has 6 heteroatoms. The first-order chi connectivity index (χ1) is 8.70. The molecule has 0 radical (unpaired) electrons. The van der Waals surface area contributed by atoms with Gasteiger partial charge in [0, 0.05) is 23.9 Å². The van der Waals surface area contributed by atoms with Crippen molar-refractivity contribution in [3.63, 3.8) is 0 Å². The van der Waals surface area contributed by atoms with Gasteiger partial charge in [0.1, 0.15) is 5.82 Å². The molecule has 0 unspecified atom stereocenters. The minimum Gasteiger partial charge on any atom is -0.329 e. The van der Waals surface area contributed by atoms with Gasteiger partial charge < -0.3 is 10.3 Å². The van der Waals surface area contributed by atoms with Crippen molar-refractivity contribution in [2.75, 3.05) is 6.54 Å². The van der Waals surface area contributed by atoms with Gasteiger partial charge in [0.15, 0.2) is 5.16 Å². The predicted octanol–water partition coefficient (Wildman–Crippen LogP) is 2.49. The van der Waals surface area contributed by atoms with E-state index in [4.69, 9.17) is 17.3 Å². The van der Waals surface area contributed by atoms with Gasteiger partial charge in [-0.05, 0) is 24.6 Å². The topological polar surface area (TPSA) is 56.7 Å². The van der Waals surface area contributed by atoms with Gasteiger partial charge in [-0.3, -0.25) is 0 Å². The number of aryl methyl sites for hydroxylation is 1. The highest BCUT2D eigenvalue weighted by Crippen LogP contribution is 2.22. The van der Waals surface area contributed by atoms with Crippen molar-refractivity contribution in [2.45, 2.75) is 24.4 Å². The van der Waals surface area contributed by atoms with E-state index >= 15 is 0 Å². The van der Waals surface area contributed by atoms with Crippen LogP contribution in [-0.2, 0) is 12.3 Å². The van der Waals surface area contributed by atoms with Crippen LogP contribution in [0.25, 0.3) is 0 Å². The molecule has 18 heavy (non-hydrogen) atoms. The maximum Gasteiger partial charge on any atom is 0.191 e. The maximum atomic E-state index is 5.85. The summed E-state index contributed by atoms with van der Waals surface area (Å²) in [6.45, 7) is 3.28. The zero-order valence-electron chi connectivity index (χ0n) is 10.1. The number of rotatable bonds is 5. The number of hydrogen-bond donors (Lipinski definition) is 1. The fourth-order valence-corrected chi connectivity index (χ4v) is 2.68. The molecular formula is C12H15ClN4S. The molecule has 1 aromatic heterocycles. The summed E-state index contributed by atoms with van der Waals surface area (Å²) in [5.74, 6) is 1.75. The van der Waals surface area contributed by atoms with Crippen LogP contribution in [0.3, 0.4) is 0 Å². The van der Waals surface area contributed by atoms with E-state index in [9.17, 15) is 0 Å². The molecule has 0 fully saturated rings. The molecule has 2 rings (SSSR count). The van der Waals surface area contributed by atoms with Crippen molar-refractivity contribution < 1.29 is 0 Å². The van der Waals surface area contributed by atoms with Crippen molar-refractivity contribution in [3.05, 3.63) is 40.7 Å². The summed E-state index contributed by atoms with van der Waals surface area (Å²) in [4.78, 5) is 0. The number of nitrogens with zero attached hydrogens (tertiary/aromatic N) is 3. The Morgan fingerprint density at radius 2 is 2.00 bits per heavy atom. The monoisotopic (exact) mass is 282 g/mol. The minimum absolute atomic E-state index is 0.591. The van der Waals surface area contributed by atoms with E-state index in [0.717, 1.165) is 28.3 Å². The number of aromatic nitrogens is 3. The van der Waals surface area contributed by atoms with Gasteiger partial charge in [-0.2, -0.15) is 0 Å². The lowest BCUT2D eigenvalue weighted by Gasteiger charge is -2.06. The van der Waals surface area contributed by atoms with Gasteiger partial charge in [-0.15, -0.1) is 10.2 Å². The molecule has 2 aromatic rings. The van der Waals surface area contributed by atoms with E-state index in [1.807, 2.05) is 35.8 Å². The third kappa shape index (κ3) is 3.25. The van der Waals surface area contributed by atoms with Crippen LogP contribution < -0.4 is 5.73 Å². The summed E-state index contributed by atoms with van der Waals surface area (Å²) in [5, 5.41) is 9.90. The molecule has 4 nitrogen and oxygen atoms in total. The van der Waals surface area contributed by atoms with Crippen LogP contribution in [0.15, 0.2) is 29.4 Å². The average molecular weight is 283 g/mol. The second-order valence-electron chi connectivity index (χ2n) is 3.89. The van der Waals surface area contributed by atoms with Crippen molar-refractivity contribution in [3.8, 4) is 0 Å². The first-order valence-corrected chi connectivity index (χ1v) is 7.04. The van der Waals surface area contributed by atoms with Crippen LogP contribution in [0.4, 0.5) is 0 Å². The van der Waals surface area contributed by atoms with Crippen LogP contribution in [0.2, 0.25) is 5.02 Å². The third-order valence-electron chi connectivity index (χ3n) is 2.54. The third-order valence-corrected chi connectivity index (χ3v) is 3.83. The zero-order chi connectivity index (χ0) is 13.0. The Hall–Kier alpha value is -1.04. The van der Waals surface area contributed by atoms with Crippen LogP contribution in [0, 0.1) is 6.92 Å². The van der Waals surface area contributed by atoms with E-state index in [1.165, 1.54) is 5.56 Å². The zero-order valence-corrected chi connectivity index (χ0v) is 11.7. The van der Waals surface area contributed by atoms with Crippen molar-refractivity contribution >= 4 is 23.4 Å². The molecule has 0 aliphatic rings. The van der Waals surface area contributed by atoms with E-state index in [-0.39, 0.29) is 0 Å². The Balaban J connectivity index is 2.03. The van der Waals surface area contributed by atoms with Crippen LogP contribution in [-0.4, -0.2) is 21.3 Å². The summed E-state index contributed by atoms with van der Waals surface area (Å²) >= 11 is 7.51. The quantitative estimate of drug-likeness (QED) is 0.856. The molecule has 0 atom stereocenters. The molecular weight excluding hydrogens is 268 g/mol. The van der Waals surface area contributed by atoms with Crippen LogP contribution >= 0.6 is 23.4 Å². The Morgan fingerprint density at radius 1 is 1.28 bits per heavy atom. The molecule has 0 bridgehead atoms. The normalized spacial score (nSPS) is 10.8. The fourth-order valence-electron chi connectivity index (χ4n) is 1.58. The van der Waals surface area contributed by atoms with Crippen LogP contribution in [0.5, 0.6) is 0 Å². The van der Waals surface area contributed by atoms with Gasteiger partial charge in [0.05, 0.1) is 0 Å². The lowest BCUT2D eigenvalue weighted by atomic mass is 10.2. The molecule has 0 saturated heterocycles. The molecule has 0 amide bonds. The molecule has 0 saturated carbocycles. The second-order valence-corrected chi connectivity index (χ2v) is 5.26. The summed E-state index contributed by atoms with van der Waals surface area (Å²) in [6.07, 6.45) is 0. The van der Waals surface area contributed by atoms with Gasteiger partial charge in [-0.1, -0.05) is 35.5 Å². The Labute approximate surface area is 116 Å². The number of hydrogen-bond acceptors (Lipinski definition) is 4. The van der Waals surface area contributed by atoms with Gasteiger partial charge in [0.25, 0.3) is 0 Å². The molecule has 0 aliphatic heterocycles. The molecule has 0 aliphatic carbocycles. The molecule has 0 spiro atoms. The number of benzene rings is 1. The lowest BCUT2D eigenvalue weighted by molar-refractivity contribution is 0.627. The summed E-state index contributed by atoms with van der Waals surface area (Å²) in [6, 6.07) is 7.83. The summed E-state index contributed by atoms with van der Waals surface area (Å²) < 4.78 is 2.04. The SMILES string of the molecule is Cc1nnc(SCc2ccc(Cl)cc2)n1CCN. The Morgan fingerprint density at radius 3 is 2.67 bits per heavy atom. The van der Waals surface area contributed by atoms with Gasteiger partial charge >= 0.3 is 0 Å². The van der Waals surface area contributed by atoms with Crippen LogP contribution in [0.1, 0.15) is 11.4 Å². The van der Waals surface area contributed by atoms with Crippen molar-refractivity contribution in [1.29, 1.82) is 0 Å². The highest BCUT2D eigenvalue weighted by molar-refractivity contribution is 7.98. The highest BCUT2D eigenvalue weighted by Gasteiger charge is 2.08. The van der Waals surface area contributed by atoms with Gasteiger partial charge in [-0.25, -0.2) is 0 Å². The maximum absolute atomic E-state index is 5.85. The standard InChI is InChI=1S/C12H15ClN4S/c1-9-15-16-12(17(9)7-6-14)18-8-10-2-4-11(13)5-3-10/h2-5H,6-8,14H2,1H3. The van der Waals surface area contributed by atoms with E-state index in [1.54, 1.807) is 11.8 Å².